The van der Waals surface area contributed by atoms with Crippen LogP contribution in [-0.2, 0) is 0 Å². The van der Waals surface area contributed by atoms with Gasteiger partial charge in [0.15, 0.2) is 0 Å². The zero-order valence-corrected chi connectivity index (χ0v) is 22.0. The third-order valence-corrected chi connectivity index (χ3v) is 7.13. The van der Waals surface area contributed by atoms with E-state index in [1.807, 2.05) is 20.8 Å². The summed E-state index contributed by atoms with van der Waals surface area (Å²) in [5, 5.41) is 15.4. The van der Waals surface area contributed by atoms with Gasteiger partial charge in [0.25, 0.3) is 5.91 Å². The average Bonchev–Trinajstić information content (AvgIpc) is 2.81. The van der Waals surface area contributed by atoms with Crippen molar-refractivity contribution in [3.8, 4) is 5.75 Å². The molecule has 1 aliphatic heterocycles. The molecular weight excluding hydrogens is 444 g/mol. The molecule has 0 unspecified atom stereocenters. The number of carbonyl (C=O) groups is 2. The van der Waals surface area contributed by atoms with E-state index in [9.17, 15) is 14.7 Å². The van der Waals surface area contributed by atoms with Crippen LogP contribution in [0.2, 0.25) is 0 Å². The van der Waals surface area contributed by atoms with Crippen LogP contribution < -0.4 is 15.4 Å². The van der Waals surface area contributed by atoms with Crippen molar-refractivity contribution in [2.75, 3.05) is 38.6 Å². The highest BCUT2D eigenvalue weighted by Crippen LogP contribution is 2.31. The van der Waals surface area contributed by atoms with Crippen molar-refractivity contribution in [3.05, 3.63) is 23.8 Å². The molecule has 1 aromatic carbocycles. The normalized spacial score (nSPS) is 22.3. The first-order valence-electron chi connectivity index (χ1n) is 13.2. The van der Waals surface area contributed by atoms with Gasteiger partial charge in [-0.1, -0.05) is 26.2 Å². The fourth-order valence-corrected chi connectivity index (χ4v) is 5.14. The third-order valence-electron chi connectivity index (χ3n) is 7.13. The molecule has 0 saturated heterocycles. The molecule has 1 aromatic rings. The molecule has 3 N–H and O–H groups in total. The molecule has 1 fully saturated rings. The molecule has 1 aliphatic carbocycles. The quantitative estimate of drug-likeness (QED) is 0.515. The van der Waals surface area contributed by atoms with E-state index in [1.165, 1.54) is 32.1 Å². The van der Waals surface area contributed by atoms with Gasteiger partial charge in [-0.15, -0.1) is 0 Å². The number of amides is 3. The van der Waals surface area contributed by atoms with Gasteiger partial charge >= 0.3 is 6.03 Å². The van der Waals surface area contributed by atoms with Crippen molar-refractivity contribution in [1.82, 2.24) is 15.1 Å². The molecule has 3 amide bonds. The molecule has 8 heteroatoms. The molecular formula is C27H44N4O4. The Bertz CT molecular complexity index is 856. The van der Waals surface area contributed by atoms with Crippen LogP contribution in [0.25, 0.3) is 0 Å². The lowest BCUT2D eigenvalue weighted by Crippen LogP contribution is -2.50. The molecule has 0 aromatic heterocycles. The largest absolute Gasteiger partial charge is 0.488 e. The van der Waals surface area contributed by atoms with Crippen LogP contribution in [0, 0.1) is 11.8 Å². The number of aliphatic hydroxyl groups is 1. The van der Waals surface area contributed by atoms with Gasteiger partial charge in [0, 0.05) is 37.3 Å². The number of rotatable bonds is 8. The molecule has 1 saturated carbocycles. The Labute approximate surface area is 210 Å². The first kappa shape index (κ1) is 27.3. The van der Waals surface area contributed by atoms with Crippen molar-refractivity contribution in [2.45, 2.75) is 78.0 Å². The summed E-state index contributed by atoms with van der Waals surface area (Å²) in [5.74, 6) is 1.14. The van der Waals surface area contributed by atoms with E-state index in [1.54, 1.807) is 23.1 Å². The summed E-state index contributed by atoms with van der Waals surface area (Å²) in [6, 6.07) is 4.56. The minimum Gasteiger partial charge on any atom is -0.488 e. The number of aliphatic hydroxyl groups excluding tert-OH is 1. The standard InChI is InChI=1S/C27H44N4O4/c1-18(2)28-27(34)29-22-11-12-24-23(13-22)26(33)31(20(4)17-32)14-19(3)25(35-24)16-30(5)15-21-9-7-6-8-10-21/h11-13,18-21,25,32H,6-10,14-17H2,1-5H3,(H2,28,29,34)/t19-,20-,25+/m0/s1. The van der Waals surface area contributed by atoms with Crippen molar-refractivity contribution in [2.24, 2.45) is 11.8 Å². The minimum absolute atomic E-state index is 0.00181. The maximum Gasteiger partial charge on any atom is 0.319 e. The van der Waals surface area contributed by atoms with E-state index in [0.717, 1.165) is 19.0 Å². The number of nitrogens with one attached hydrogen (secondary N) is 2. The summed E-state index contributed by atoms with van der Waals surface area (Å²) in [4.78, 5) is 29.8. The van der Waals surface area contributed by atoms with E-state index in [0.29, 0.717) is 23.5 Å². The number of benzene rings is 1. The van der Waals surface area contributed by atoms with E-state index >= 15 is 0 Å². The highest BCUT2D eigenvalue weighted by molar-refractivity contribution is 5.99. The van der Waals surface area contributed by atoms with Crippen molar-refractivity contribution < 1.29 is 19.4 Å². The fraction of sp³-hybridized carbons (Fsp3) is 0.704. The van der Waals surface area contributed by atoms with Gasteiger partial charge in [0.2, 0.25) is 0 Å². The molecule has 35 heavy (non-hydrogen) atoms. The Morgan fingerprint density at radius 3 is 2.57 bits per heavy atom. The van der Waals surface area contributed by atoms with Crippen molar-refractivity contribution in [1.29, 1.82) is 0 Å². The number of likely N-dealkylation sites (N-methyl/N-ethyl adjacent to an activating group) is 1. The Balaban J connectivity index is 1.83. The van der Waals surface area contributed by atoms with E-state index < -0.39 is 0 Å². The predicted octanol–water partition coefficient (Wildman–Crippen LogP) is 3.95. The Morgan fingerprint density at radius 2 is 1.91 bits per heavy atom. The molecule has 196 valence electrons. The summed E-state index contributed by atoms with van der Waals surface area (Å²) in [6.45, 7) is 9.95. The molecule has 8 nitrogen and oxygen atoms in total. The van der Waals surface area contributed by atoms with Crippen LogP contribution in [0.1, 0.15) is 70.2 Å². The second kappa shape index (κ2) is 12.6. The molecule has 3 rings (SSSR count). The smallest absolute Gasteiger partial charge is 0.319 e. The summed E-state index contributed by atoms with van der Waals surface area (Å²) < 4.78 is 6.49. The van der Waals surface area contributed by atoms with Gasteiger partial charge in [0.05, 0.1) is 18.2 Å². The van der Waals surface area contributed by atoms with Crippen LogP contribution in [0.15, 0.2) is 18.2 Å². The van der Waals surface area contributed by atoms with E-state index in [-0.39, 0.29) is 42.7 Å². The average molecular weight is 489 g/mol. The SMILES string of the molecule is CC(C)NC(=O)Nc1ccc2c(c1)C(=O)N([C@@H](C)CO)C[C@H](C)[C@@H](CN(C)CC1CCCCC1)O2. The van der Waals surface area contributed by atoms with Crippen LogP contribution in [0.4, 0.5) is 10.5 Å². The third kappa shape index (κ3) is 7.58. The summed E-state index contributed by atoms with van der Waals surface area (Å²) in [6.07, 6.45) is 6.48. The monoisotopic (exact) mass is 488 g/mol. The lowest BCUT2D eigenvalue weighted by molar-refractivity contribution is 0.0330. The predicted molar refractivity (Wildman–Crippen MR) is 139 cm³/mol. The highest BCUT2D eigenvalue weighted by atomic mass is 16.5. The number of carbonyl (C=O) groups excluding carboxylic acids is 2. The zero-order valence-electron chi connectivity index (χ0n) is 22.0. The lowest BCUT2D eigenvalue weighted by atomic mass is 9.89. The molecule has 3 atom stereocenters. The summed E-state index contributed by atoms with van der Waals surface area (Å²) in [7, 11) is 2.16. The maximum atomic E-state index is 13.5. The topological polar surface area (TPSA) is 94.1 Å². The Kier molecular flexibility index (Phi) is 9.80. The van der Waals surface area contributed by atoms with Gasteiger partial charge in [0.1, 0.15) is 11.9 Å². The van der Waals surface area contributed by atoms with E-state index in [2.05, 4.69) is 29.5 Å². The number of fused-ring (bicyclic) bond motifs is 1. The number of urea groups is 1. The number of hydrogen-bond acceptors (Lipinski definition) is 5. The van der Waals surface area contributed by atoms with Gasteiger partial charge in [-0.05, 0) is 64.8 Å². The first-order valence-corrected chi connectivity index (χ1v) is 13.2. The molecule has 0 spiro atoms. The molecule has 0 radical (unpaired) electrons. The number of nitrogens with zero attached hydrogens (tertiary/aromatic N) is 2. The highest BCUT2D eigenvalue weighted by Gasteiger charge is 2.34. The number of ether oxygens (including phenoxy) is 1. The lowest BCUT2D eigenvalue weighted by Gasteiger charge is -2.38. The second-order valence-corrected chi connectivity index (χ2v) is 10.8. The van der Waals surface area contributed by atoms with Crippen molar-refractivity contribution >= 4 is 17.6 Å². The van der Waals surface area contributed by atoms with Crippen LogP contribution >= 0.6 is 0 Å². The molecule has 0 bridgehead atoms. The number of hydrogen-bond donors (Lipinski definition) is 3. The molecule has 2 aliphatic rings. The molecule has 1 heterocycles. The van der Waals surface area contributed by atoms with Gasteiger partial charge in [-0.2, -0.15) is 0 Å². The second-order valence-electron chi connectivity index (χ2n) is 10.8. The minimum atomic E-state index is -0.324. The Morgan fingerprint density at radius 1 is 1.20 bits per heavy atom. The first-order chi connectivity index (χ1) is 16.7. The zero-order chi connectivity index (χ0) is 25.5. The van der Waals surface area contributed by atoms with Crippen LogP contribution in [-0.4, -0.2) is 78.3 Å². The van der Waals surface area contributed by atoms with Gasteiger partial charge < -0.3 is 30.3 Å². The Hall–Kier alpha value is -2.32. The van der Waals surface area contributed by atoms with Crippen LogP contribution in [0.5, 0.6) is 5.75 Å². The fourth-order valence-electron chi connectivity index (χ4n) is 5.14. The van der Waals surface area contributed by atoms with E-state index in [4.69, 9.17) is 4.74 Å². The summed E-state index contributed by atoms with van der Waals surface area (Å²) in [5.41, 5.74) is 0.925. The van der Waals surface area contributed by atoms with Gasteiger partial charge in [-0.3, -0.25) is 4.79 Å². The number of anilines is 1. The summed E-state index contributed by atoms with van der Waals surface area (Å²) >= 11 is 0. The van der Waals surface area contributed by atoms with Crippen LogP contribution in [0.3, 0.4) is 0 Å². The van der Waals surface area contributed by atoms with Crippen molar-refractivity contribution in [3.63, 3.8) is 0 Å². The van der Waals surface area contributed by atoms with Gasteiger partial charge in [-0.25, -0.2) is 4.79 Å². The maximum absolute atomic E-state index is 13.5.